The number of amides is 1. The SMILES string of the molecule is CN(C)C[C@@H](c1ccccc1)N(C)C(=O)c1ccc2nc(CO)[nH]c2c1. The number of benzene rings is 2. The Bertz CT molecular complexity index is 889. The van der Waals surface area contributed by atoms with Gasteiger partial charge in [-0.2, -0.15) is 0 Å². The maximum atomic E-state index is 13.1. The molecule has 0 aliphatic rings. The molecular formula is C20H24N4O2. The van der Waals surface area contributed by atoms with Crippen molar-refractivity contribution in [1.82, 2.24) is 19.8 Å². The minimum Gasteiger partial charge on any atom is -0.388 e. The van der Waals surface area contributed by atoms with E-state index in [1.807, 2.05) is 51.5 Å². The minimum atomic E-state index is -0.156. The molecule has 6 heteroatoms. The van der Waals surface area contributed by atoms with Gasteiger partial charge in [0.2, 0.25) is 0 Å². The molecule has 1 atom stereocenters. The summed E-state index contributed by atoms with van der Waals surface area (Å²) in [5.74, 6) is 0.440. The van der Waals surface area contributed by atoms with E-state index in [1.54, 1.807) is 23.1 Å². The Labute approximate surface area is 153 Å². The fourth-order valence-corrected chi connectivity index (χ4v) is 3.09. The van der Waals surface area contributed by atoms with Crippen LogP contribution >= 0.6 is 0 Å². The number of nitrogens with one attached hydrogen (secondary N) is 1. The molecule has 0 radical (unpaired) electrons. The number of fused-ring (bicyclic) bond motifs is 1. The fraction of sp³-hybridized carbons (Fsp3) is 0.300. The first-order valence-corrected chi connectivity index (χ1v) is 8.56. The average Bonchev–Trinajstić information content (AvgIpc) is 3.08. The van der Waals surface area contributed by atoms with Crippen LogP contribution in [0.4, 0.5) is 0 Å². The van der Waals surface area contributed by atoms with E-state index in [9.17, 15) is 9.90 Å². The van der Waals surface area contributed by atoms with Crippen LogP contribution in [0.15, 0.2) is 48.5 Å². The predicted octanol–water partition coefficient (Wildman–Crippen LogP) is 2.43. The molecule has 0 aliphatic heterocycles. The summed E-state index contributed by atoms with van der Waals surface area (Å²) in [6.45, 7) is 0.573. The average molecular weight is 352 g/mol. The molecule has 1 aromatic heterocycles. The third kappa shape index (κ3) is 3.76. The largest absolute Gasteiger partial charge is 0.388 e. The molecule has 1 heterocycles. The van der Waals surface area contributed by atoms with Gasteiger partial charge in [0.05, 0.1) is 17.1 Å². The Hall–Kier alpha value is -2.70. The molecule has 136 valence electrons. The van der Waals surface area contributed by atoms with Crippen molar-refractivity contribution >= 4 is 16.9 Å². The fourth-order valence-electron chi connectivity index (χ4n) is 3.09. The van der Waals surface area contributed by atoms with E-state index in [0.29, 0.717) is 11.4 Å². The smallest absolute Gasteiger partial charge is 0.254 e. The molecule has 0 spiro atoms. The lowest BCUT2D eigenvalue weighted by molar-refractivity contribution is 0.0705. The van der Waals surface area contributed by atoms with Gasteiger partial charge in [-0.05, 0) is 37.9 Å². The van der Waals surface area contributed by atoms with Crippen LogP contribution in [-0.2, 0) is 6.61 Å². The zero-order chi connectivity index (χ0) is 18.7. The second kappa shape index (κ2) is 7.68. The molecule has 26 heavy (non-hydrogen) atoms. The van der Waals surface area contributed by atoms with Gasteiger partial charge in [0.25, 0.3) is 5.91 Å². The first-order chi connectivity index (χ1) is 12.5. The number of likely N-dealkylation sites (N-methyl/N-ethyl adjacent to an activating group) is 2. The third-order valence-electron chi connectivity index (χ3n) is 4.44. The normalized spacial score (nSPS) is 12.5. The van der Waals surface area contributed by atoms with Crippen molar-refractivity contribution in [3.8, 4) is 0 Å². The first-order valence-electron chi connectivity index (χ1n) is 8.56. The minimum absolute atomic E-state index is 0.0517. The van der Waals surface area contributed by atoms with Crippen molar-refractivity contribution in [3.05, 3.63) is 65.5 Å². The van der Waals surface area contributed by atoms with Crippen molar-refractivity contribution in [2.45, 2.75) is 12.6 Å². The summed E-state index contributed by atoms with van der Waals surface area (Å²) in [4.78, 5) is 24.2. The quantitative estimate of drug-likeness (QED) is 0.715. The maximum Gasteiger partial charge on any atom is 0.254 e. The molecule has 0 saturated heterocycles. The van der Waals surface area contributed by atoms with Crippen LogP contribution in [0.25, 0.3) is 11.0 Å². The van der Waals surface area contributed by atoms with Crippen molar-refractivity contribution in [1.29, 1.82) is 0 Å². The van der Waals surface area contributed by atoms with Crippen LogP contribution in [0, 0.1) is 0 Å². The van der Waals surface area contributed by atoms with Crippen LogP contribution in [0.5, 0.6) is 0 Å². The standard InChI is InChI=1S/C20H24N4O2/c1-23(2)12-18(14-7-5-4-6-8-14)24(3)20(26)15-9-10-16-17(11-15)22-19(13-25)21-16/h4-11,18,25H,12-13H2,1-3H3,(H,21,22)/t18-/m0/s1. The van der Waals surface area contributed by atoms with Crippen LogP contribution in [0.1, 0.15) is 27.8 Å². The molecular weight excluding hydrogens is 328 g/mol. The summed E-state index contributed by atoms with van der Waals surface area (Å²) < 4.78 is 0. The van der Waals surface area contributed by atoms with Crippen LogP contribution in [-0.4, -0.2) is 58.5 Å². The molecule has 0 saturated carbocycles. The highest BCUT2D eigenvalue weighted by Crippen LogP contribution is 2.23. The second-order valence-electron chi connectivity index (χ2n) is 6.68. The van der Waals surface area contributed by atoms with Gasteiger partial charge in [0.15, 0.2) is 0 Å². The molecule has 3 rings (SSSR count). The van der Waals surface area contributed by atoms with E-state index in [4.69, 9.17) is 0 Å². The van der Waals surface area contributed by atoms with E-state index >= 15 is 0 Å². The van der Waals surface area contributed by atoms with Crippen molar-refractivity contribution in [2.24, 2.45) is 0 Å². The van der Waals surface area contributed by atoms with Crippen molar-refractivity contribution in [3.63, 3.8) is 0 Å². The van der Waals surface area contributed by atoms with Gasteiger partial charge in [0, 0.05) is 19.2 Å². The number of hydrogen-bond donors (Lipinski definition) is 2. The first kappa shape index (κ1) is 18.1. The van der Waals surface area contributed by atoms with E-state index < -0.39 is 0 Å². The second-order valence-corrected chi connectivity index (χ2v) is 6.68. The lowest BCUT2D eigenvalue weighted by atomic mass is 10.0. The maximum absolute atomic E-state index is 13.1. The van der Waals surface area contributed by atoms with Crippen LogP contribution in [0.2, 0.25) is 0 Å². The Balaban J connectivity index is 1.90. The molecule has 0 fully saturated rings. The molecule has 3 aromatic rings. The number of rotatable bonds is 6. The van der Waals surface area contributed by atoms with Gasteiger partial charge in [0.1, 0.15) is 12.4 Å². The van der Waals surface area contributed by atoms with Gasteiger partial charge >= 0.3 is 0 Å². The molecule has 2 N–H and O–H groups in total. The Kier molecular flexibility index (Phi) is 5.35. The zero-order valence-electron chi connectivity index (χ0n) is 15.3. The molecule has 6 nitrogen and oxygen atoms in total. The molecule has 1 amide bonds. The number of imidazole rings is 1. The van der Waals surface area contributed by atoms with Crippen LogP contribution < -0.4 is 0 Å². The van der Waals surface area contributed by atoms with Crippen molar-refractivity contribution < 1.29 is 9.90 Å². The number of aliphatic hydroxyl groups is 1. The summed E-state index contributed by atoms with van der Waals surface area (Å²) in [6.07, 6.45) is 0. The van der Waals surface area contributed by atoms with Gasteiger partial charge in [-0.3, -0.25) is 4.79 Å². The lowest BCUT2D eigenvalue weighted by Crippen LogP contribution is -2.37. The Morgan fingerprint density at radius 3 is 2.54 bits per heavy atom. The molecule has 2 aromatic carbocycles. The third-order valence-corrected chi connectivity index (χ3v) is 4.44. The molecule has 0 aliphatic carbocycles. The molecule has 0 bridgehead atoms. The summed E-state index contributed by atoms with van der Waals surface area (Å²) >= 11 is 0. The zero-order valence-corrected chi connectivity index (χ0v) is 15.3. The van der Waals surface area contributed by atoms with Gasteiger partial charge < -0.3 is 19.9 Å². The highest BCUT2D eigenvalue weighted by molar-refractivity contribution is 5.97. The summed E-state index contributed by atoms with van der Waals surface area (Å²) in [7, 11) is 5.84. The number of aliphatic hydroxyl groups excluding tert-OH is 1. The number of hydrogen-bond acceptors (Lipinski definition) is 4. The number of aromatic amines is 1. The highest BCUT2D eigenvalue weighted by atomic mass is 16.3. The Morgan fingerprint density at radius 1 is 1.15 bits per heavy atom. The summed E-state index contributed by atoms with van der Waals surface area (Å²) in [5.41, 5.74) is 3.17. The van der Waals surface area contributed by atoms with Crippen molar-refractivity contribution in [2.75, 3.05) is 27.7 Å². The number of H-pyrrole nitrogens is 1. The summed E-state index contributed by atoms with van der Waals surface area (Å²) in [5, 5.41) is 9.21. The lowest BCUT2D eigenvalue weighted by Gasteiger charge is -2.31. The van der Waals surface area contributed by atoms with Gasteiger partial charge in [-0.25, -0.2) is 4.98 Å². The molecule has 0 unspecified atom stereocenters. The predicted molar refractivity (Wildman–Crippen MR) is 102 cm³/mol. The van der Waals surface area contributed by atoms with E-state index in [1.165, 1.54) is 0 Å². The topological polar surface area (TPSA) is 72.5 Å². The number of carbonyl (C=O) groups excluding carboxylic acids is 1. The summed E-state index contributed by atoms with van der Waals surface area (Å²) in [6, 6.07) is 15.4. The Morgan fingerprint density at radius 2 is 1.88 bits per heavy atom. The monoisotopic (exact) mass is 352 g/mol. The number of carbonyl (C=O) groups is 1. The van der Waals surface area contributed by atoms with Gasteiger partial charge in [-0.1, -0.05) is 30.3 Å². The van der Waals surface area contributed by atoms with E-state index in [2.05, 4.69) is 14.9 Å². The van der Waals surface area contributed by atoms with Gasteiger partial charge in [-0.15, -0.1) is 0 Å². The van der Waals surface area contributed by atoms with E-state index in [0.717, 1.165) is 23.1 Å². The van der Waals surface area contributed by atoms with Crippen LogP contribution in [0.3, 0.4) is 0 Å². The highest BCUT2D eigenvalue weighted by Gasteiger charge is 2.23. The van der Waals surface area contributed by atoms with E-state index in [-0.39, 0.29) is 18.6 Å². The number of aromatic nitrogens is 2. The number of nitrogens with zero attached hydrogens (tertiary/aromatic N) is 3.